The Morgan fingerprint density at radius 2 is 2.05 bits per heavy atom. The van der Waals surface area contributed by atoms with Crippen molar-refractivity contribution in [1.29, 1.82) is 0 Å². The van der Waals surface area contributed by atoms with Gasteiger partial charge < -0.3 is 8.94 Å². The lowest BCUT2D eigenvalue weighted by Gasteiger charge is -2.21. The summed E-state index contributed by atoms with van der Waals surface area (Å²) in [7, 11) is 0. The average Bonchev–Trinajstić information content (AvgIpc) is 2.50. The molecule has 5 nitrogen and oxygen atoms in total. The number of hydrogen-bond acceptors (Lipinski definition) is 6. The van der Waals surface area contributed by atoms with E-state index in [0.717, 1.165) is 6.07 Å². The summed E-state index contributed by atoms with van der Waals surface area (Å²) in [5.41, 5.74) is -0.0736. The Bertz CT molecular complexity index is 1050. The van der Waals surface area contributed by atoms with Crippen molar-refractivity contribution in [2.24, 2.45) is 0 Å². The highest BCUT2D eigenvalue weighted by atomic mass is 32.5. The summed E-state index contributed by atoms with van der Waals surface area (Å²) in [6, 6.07) is 5.11. The smallest absolute Gasteiger partial charge is 0.380 e. The highest BCUT2D eigenvalue weighted by Crippen LogP contribution is 2.49. The molecule has 0 saturated carbocycles. The van der Waals surface area contributed by atoms with Crippen molar-refractivity contribution in [3.63, 3.8) is 0 Å². The Kier molecular flexibility index (Phi) is 2.36. The first kappa shape index (κ1) is 7.38. The Morgan fingerprint density at radius 1 is 1.33 bits per heavy atom. The standard InChI is InChI=1S/C14H17O5PS/c1-4-16-20(21,17-5-2)19-11-6-7-12-10(3)8-14(15)18-13(12)9-11/h6-9H,4-5H2,1-3H3/i1D3,2D3,4D2,5D2. The van der Waals surface area contributed by atoms with E-state index >= 15 is 0 Å². The molecule has 1 heterocycles. The van der Waals surface area contributed by atoms with Crippen molar-refractivity contribution in [2.45, 2.75) is 20.6 Å². The third-order valence-corrected chi connectivity index (χ3v) is 4.19. The molecule has 21 heavy (non-hydrogen) atoms. The van der Waals surface area contributed by atoms with Crippen molar-refractivity contribution in [1.82, 2.24) is 0 Å². The number of rotatable bonds is 6. The topological polar surface area (TPSA) is 57.9 Å². The lowest BCUT2D eigenvalue weighted by Crippen LogP contribution is -2.02. The first-order valence-electron chi connectivity index (χ1n) is 10.5. The average molecular weight is 338 g/mol. The minimum atomic E-state index is -4.74. The first-order chi connectivity index (χ1) is 13.8. The zero-order chi connectivity index (χ0) is 24.0. The normalized spacial score (nSPS) is 21.4. The van der Waals surface area contributed by atoms with Gasteiger partial charge in [0.05, 0.1) is 18.6 Å². The Hall–Kier alpha value is -1.20. The van der Waals surface area contributed by atoms with Gasteiger partial charge in [0.2, 0.25) is 0 Å². The van der Waals surface area contributed by atoms with Gasteiger partial charge in [-0.3, -0.25) is 9.05 Å². The van der Waals surface area contributed by atoms with Gasteiger partial charge in [-0.25, -0.2) is 4.79 Å². The van der Waals surface area contributed by atoms with Gasteiger partial charge in [-0.15, -0.1) is 0 Å². The maximum Gasteiger partial charge on any atom is 0.380 e. The minimum Gasteiger partial charge on any atom is -0.424 e. The molecule has 0 aliphatic rings. The Labute approximate surface area is 142 Å². The van der Waals surface area contributed by atoms with Crippen LogP contribution in [0.3, 0.4) is 0 Å². The van der Waals surface area contributed by atoms with Crippen LogP contribution in [0.4, 0.5) is 0 Å². The molecule has 1 aromatic carbocycles. The molecule has 0 bridgehead atoms. The number of aryl methyl sites for hydroxylation is 1. The highest BCUT2D eigenvalue weighted by molar-refractivity contribution is 8.07. The molecule has 7 heteroatoms. The zero-order valence-corrected chi connectivity index (χ0v) is 12.4. The van der Waals surface area contributed by atoms with Gasteiger partial charge in [-0.05, 0) is 38.3 Å². The van der Waals surface area contributed by atoms with E-state index in [1.165, 1.54) is 18.2 Å². The van der Waals surface area contributed by atoms with E-state index in [2.05, 4.69) is 0 Å². The largest absolute Gasteiger partial charge is 0.424 e. The molecular formula is C14H17O5PS. The van der Waals surface area contributed by atoms with E-state index in [1.54, 1.807) is 6.92 Å². The molecule has 0 N–H and O–H groups in total. The van der Waals surface area contributed by atoms with Crippen molar-refractivity contribution >= 4 is 29.5 Å². The van der Waals surface area contributed by atoms with Crippen molar-refractivity contribution in [3.8, 4) is 5.75 Å². The molecule has 1 aromatic heterocycles. The fourth-order valence-corrected chi connectivity index (χ4v) is 2.85. The van der Waals surface area contributed by atoms with Crippen LogP contribution in [0.2, 0.25) is 0 Å². The molecule has 0 spiro atoms. The predicted octanol–water partition coefficient (Wildman–Crippen LogP) is 3.78. The molecule has 114 valence electrons. The summed E-state index contributed by atoms with van der Waals surface area (Å²) in [4.78, 5) is 11.6. The molecule has 0 fully saturated rings. The fourth-order valence-electron chi connectivity index (χ4n) is 1.66. The van der Waals surface area contributed by atoms with E-state index < -0.39 is 39.2 Å². The van der Waals surface area contributed by atoms with Crippen molar-refractivity contribution in [2.75, 3.05) is 13.1 Å². The van der Waals surface area contributed by atoms with Crippen LogP contribution in [0.5, 0.6) is 5.75 Å². The zero-order valence-electron chi connectivity index (χ0n) is 20.7. The summed E-state index contributed by atoms with van der Waals surface area (Å²) in [5, 5.41) is 0.512. The maximum atomic E-state index is 11.6. The van der Waals surface area contributed by atoms with Gasteiger partial charge in [0.1, 0.15) is 11.3 Å². The van der Waals surface area contributed by atoms with Gasteiger partial charge in [0, 0.05) is 37.6 Å². The lowest BCUT2D eigenvalue weighted by atomic mass is 10.1. The van der Waals surface area contributed by atoms with Crippen LogP contribution in [-0.4, -0.2) is 13.1 Å². The van der Waals surface area contributed by atoms with E-state index in [1.807, 2.05) is 0 Å². The van der Waals surface area contributed by atoms with Crippen LogP contribution in [0.1, 0.15) is 33.0 Å². The second-order valence-electron chi connectivity index (χ2n) is 3.83. The van der Waals surface area contributed by atoms with Crippen LogP contribution in [0.15, 0.2) is 33.5 Å². The van der Waals surface area contributed by atoms with E-state index in [0.29, 0.717) is 10.9 Å². The fraction of sp³-hybridized carbons (Fsp3) is 0.357. The second-order valence-corrected chi connectivity index (χ2v) is 6.62. The van der Waals surface area contributed by atoms with E-state index in [-0.39, 0.29) is 11.3 Å². The molecule has 0 unspecified atom stereocenters. The first-order valence-corrected chi connectivity index (χ1v) is 8.08. The third kappa shape index (κ3) is 3.92. The summed E-state index contributed by atoms with van der Waals surface area (Å²) in [6.45, 7) is -16.8. The Morgan fingerprint density at radius 3 is 2.71 bits per heavy atom. The molecule has 0 amide bonds. The molecule has 0 atom stereocenters. The third-order valence-electron chi connectivity index (χ3n) is 2.45. The van der Waals surface area contributed by atoms with Crippen molar-refractivity contribution < 1.29 is 31.7 Å². The van der Waals surface area contributed by atoms with E-state index in [4.69, 9.17) is 43.5 Å². The molecule has 2 rings (SSSR count). The molecule has 0 radical (unpaired) electrons. The van der Waals surface area contributed by atoms with Gasteiger partial charge in [-0.1, -0.05) is 0 Å². The monoisotopic (exact) mass is 338 g/mol. The highest BCUT2D eigenvalue weighted by Gasteiger charge is 2.21. The lowest BCUT2D eigenvalue weighted by molar-refractivity contribution is 0.218. The van der Waals surface area contributed by atoms with Crippen LogP contribution in [0.25, 0.3) is 11.0 Å². The summed E-state index contributed by atoms with van der Waals surface area (Å²) in [5.74, 6) is -0.257. The SMILES string of the molecule is [2H]C([2H])([2H])C([2H])([2H])OP(=S)(Oc1ccc2c(C)cc(=O)oc2c1)OC([2H])([2H])C([2H])([2H])[2H]. The molecule has 0 aliphatic carbocycles. The van der Waals surface area contributed by atoms with Crippen molar-refractivity contribution in [3.05, 3.63) is 40.2 Å². The Balaban J connectivity index is 2.54. The maximum absolute atomic E-state index is 11.6. The van der Waals surface area contributed by atoms with Gasteiger partial charge in [0.25, 0.3) is 0 Å². The summed E-state index contributed by atoms with van der Waals surface area (Å²) >= 11 is 4.96. The molecule has 0 saturated heterocycles. The minimum absolute atomic E-state index is 0.0294. The molecule has 0 aliphatic heterocycles. The van der Waals surface area contributed by atoms with Crippen LogP contribution < -0.4 is 10.1 Å². The number of fused-ring (bicyclic) bond motifs is 1. The second kappa shape index (κ2) is 6.71. The summed E-state index contributed by atoms with van der Waals surface area (Å²) < 4.78 is 93.7. The molecular weight excluding hydrogens is 311 g/mol. The van der Waals surface area contributed by atoms with Gasteiger partial charge >= 0.3 is 12.3 Å². The predicted molar refractivity (Wildman–Crippen MR) is 85.4 cm³/mol. The molecule has 2 aromatic rings. The summed E-state index contributed by atoms with van der Waals surface area (Å²) in [6.07, 6.45) is 0. The number of benzene rings is 1. The number of hydrogen-bond donors (Lipinski definition) is 0. The van der Waals surface area contributed by atoms with Crippen LogP contribution in [0, 0.1) is 6.92 Å². The quantitative estimate of drug-likeness (QED) is 0.590. The van der Waals surface area contributed by atoms with Crippen LogP contribution in [-0.2, 0) is 20.9 Å². The van der Waals surface area contributed by atoms with Crippen LogP contribution >= 0.6 is 6.72 Å². The van der Waals surface area contributed by atoms with E-state index in [9.17, 15) is 4.79 Å². The van der Waals surface area contributed by atoms with Gasteiger partial charge in [-0.2, -0.15) is 0 Å². The van der Waals surface area contributed by atoms with Gasteiger partial charge in [0.15, 0.2) is 0 Å².